The fourth-order valence-electron chi connectivity index (χ4n) is 1.83. The topological polar surface area (TPSA) is 75.2 Å². The van der Waals surface area contributed by atoms with Gasteiger partial charge in [0.25, 0.3) is 0 Å². The molecule has 0 aliphatic carbocycles. The Labute approximate surface area is 125 Å². The van der Waals surface area contributed by atoms with E-state index >= 15 is 0 Å². The van der Waals surface area contributed by atoms with Crippen molar-refractivity contribution in [2.45, 2.75) is 19.6 Å². The van der Waals surface area contributed by atoms with Crippen molar-refractivity contribution in [2.75, 3.05) is 13.6 Å². The Balaban J connectivity index is 2.13. The molecule has 0 spiro atoms. The largest absolute Gasteiger partial charge is 0.434 e. The Morgan fingerprint density at radius 3 is 2.91 bits per heavy atom. The van der Waals surface area contributed by atoms with E-state index < -0.39 is 6.61 Å². The van der Waals surface area contributed by atoms with E-state index in [2.05, 4.69) is 14.9 Å². The third-order valence-electron chi connectivity index (χ3n) is 2.82. The van der Waals surface area contributed by atoms with Crippen molar-refractivity contribution < 1.29 is 18.0 Å². The van der Waals surface area contributed by atoms with Gasteiger partial charge in [0.15, 0.2) is 0 Å². The molecular weight excluding hydrogens is 294 g/mol. The van der Waals surface area contributed by atoms with Gasteiger partial charge in [0, 0.05) is 13.0 Å². The molecule has 0 atom stereocenters. The molecule has 116 valence electrons. The van der Waals surface area contributed by atoms with Crippen LogP contribution in [0.5, 0.6) is 5.75 Å². The SMILES string of the molecule is CN(CCC#N)Cc1nc(-c2ccccc2OC(F)F)no1. The quantitative estimate of drug-likeness (QED) is 0.783. The third-order valence-corrected chi connectivity index (χ3v) is 2.82. The van der Waals surface area contributed by atoms with E-state index in [1.165, 1.54) is 6.07 Å². The predicted molar refractivity (Wildman–Crippen MR) is 72.9 cm³/mol. The molecule has 0 saturated carbocycles. The number of halogens is 2. The molecule has 0 amide bonds. The van der Waals surface area contributed by atoms with Gasteiger partial charge in [-0.3, -0.25) is 4.90 Å². The van der Waals surface area contributed by atoms with Gasteiger partial charge in [-0.25, -0.2) is 0 Å². The highest BCUT2D eigenvalue weighted by Gasteiger charge is 2.16. The number of nitriles is 1. The van der Waals surface area contributed by atoms with E-state index in [-0.39, 0.29) is 11.6 Å². The first-order valence-electron chi connectivity index (χ1n) is 6.52. The summed E-state index contributed by atoms with van der Waals surface area (Å²) in [5.74, 6) is 0.505. The average Bonchev–Trinajstić information content (AvgIpc) is 2.93. The zero-order valence-electron chi connectivity index (χ0n) is 11.9. The minimum absolute atomic E-state index is 0.0114. The fourth-order valence-corrected chi connectivity index (χ4v) is 1.83. The van der Waals surface area contributed by atoms with Gasteiger partial charge >= 0.3 is 6.61 Å². The molecule has 2 aromatic rings. The average molecular weight is 308 g/mol. The number of ether oxygens (including phenoxy) is 1. The molecule has 22 heavy (non-hydrogen) atoms. The van der Waals surface area contributed by atoms with E-state index in [0.717, 1.165) is 0 Å². The van der Waals surface area contributed by atoms with Gasteiger partial charge in [0.1, 0.15) is 5.75 Å². The molecule has 6 nitrogen and oxygen atoms in total. The molecule has 0 N–H and O–H groups in total. The van der Waals surface area contributed by atoms with Crippen molar-refractivity contribution >= 4 is 0 Å². The Morgan fingerprint density at radius 2 is 2.18 bits per heavy atom. The molecule has 1 aromatic carbocycles. The highest BCUT2D eigenvalue weighted by molar-refractivity contribution is 5.63. The number of alkyl halides is 2. The van der Waals surface area contributed by atoms with Crippen LogP contribution in [0.2, 0.25) is 0 Å². The first kappa shape index (κ1) is 15.9. The molecular formula is C14H14F2N4O2. The van der Waals surface area contributed by atoms with Gasteiger partial charge in [-0.05, 0) is 19.2 Å². The van der Waals surface area contributed by atoms with E-state index in [1.807, 2.05) is 18.0 Å². The van der Waals surface area contributed by atoms with E-state index in [1.54, 1.807) is 18.2 Å². The summed E-state index contributed by atoms with van der Waals surface area (Å²) < 4.78 is 34.3. The Bertz CT molecular complexity index is 654. The van der Waals surface area contributed by atoms with Crippen LogP contribution in [0.25, 0.3) is 11.4 Å². The lowest BCUT2D eigenvalue weighted by Gasteiger charge is -2.10. The zero-order chi connectivity index (χ0) is 15.9. The summed E-state index contributed by atoms with van der Waals surface area (Å²) in [5.41, 5.74) is 0.331. The van der Waals surface area contributed by atoms with Crippen molar-refractivity contribution in [1.29, 1.82) is 5.26 Å². The summed E-state index contributed by atoms with van der Waals surface area (Å²) in [6.07, 6.45) is 0.391. The lowest BCUT2D eigenvalue weighted by Crippen LogP contribution is -2.18. The summed E-state index contributed by atoms with van der Waals surface area (Å²) in [4.78, 5) is 6.02. The molecule has 0 radical (unpaired) electrons. The first-order valence-corrected chi connectivity index (χ1v) is 6.52. The number of hydrogen-bond acceptors (Lipinski definition) is 6. The summed E-state index contributed by atoms with van der Waals surface area (Å²) in [5, 5.41) is 12.3. The number of para-hydroxylation sites is 1. The molecule has 0 saturated heterocycles. The Kier molecular flexibility index (Phi) is 5.38. The summed E-state index contributed by atoms with van der Waals surface area (Å²) >= 11 is 0. The number of benzene rings is 1. The summed E-state index contributed by atoms with van der Waals surface area (Å²) in [6, 6.07) is 8.28. The van der Waals surface area contributed by atoms with Crippen LogP contribution in [-0.2, 0) is 6.54 Å². The monoisotopic (exact) mass is 308 g/mol. The van der Waals surface area contributed by atoms with Crippen LogP contribution >= 0.6 is 0 Å². The van der Waals surface area contributed by atoms with Gasteiger partial charge < -0.3 is 9.26 Å². The highest BCUT2D eigenvalue weighted by Crippen LogP contribution is 2.28. The second kappa shape index (κ2) is 7.47. The van der Waals surface area contributed by atoms with Gasteiger partial charge in [0.2, 0.25) is 11.7 Å². The lowest BCUT2D eigenvalue weighted by molar-refractivity contribution is -0.0494. The fraction of sp³-hybridized carbons (Fsp3) is 0.357. The minimum Gasteiger partial charge on any atom is -0.434 e. The normalized spacial score (nSPS) is 10.9. The van der Waals surface area contributed by atoms with Crippen molar-refractivity contribution in [3.63, 3.8) is 0 Å². The second-order valence-corrected chi connectivity index (χ2v) is 4.53. The number of hydrogen-bond donors (Lipinski definition) is 0. The van der Waals surface area contributed by atoms with E-state index in [4.69, 9.17) is 9.78 Å². The van der Waals surface area contributed by atoms with Crippen molar-refractivity contribution in [3.8, 4) is 23.2 Å². The van der Waals surface area contributed by atoms with E-state index in [9.17, 15) is 8.78 Å². The highest BCUT2D eigenvalue weighted by atomic mass is 19.3. The maximum Gasteiger partial charge on any atom is 0.387 e. The van der Waals surface area contributed by atoms with Crippen LogP contribution < -0.4 is 4.74 Å². The third kappa shape index (κ3) is 4.23. The van der Waals surface area contributed by atoms with Crippen LogP contribution in [0.1, 0.15) is 12.3 Å². The summed E-state index contributed by atoms with van der Waals surface area (Å²) in [7, 11) is 1.81. The maximum atomic E-state index is 12.4. The molecule has 0 unspecified atom stereocenters. The lowest BCUT2D eigenvalue weighted by atomic mass is 10.2. The van der Waals surface area contributed by atoms with Crippen LogP contribution in [0.3, 0.4) is 0 Å². The molecule has 1 aromatic heterocycles. The van der Waals surface area contributed by atoms with Crippen molar-refractivity contribution in [1.82, 2.24) is 15.0 Å². The van der Waals surface area contributed by atoms with Crippen molar-refractivity contribution in [2.24, 2.45) is 0 Å². The maximum absolute atomic E-state index is 12.4. The minimum atomic E-state index is -2.93. The molecule has 1 heterocycles. The first-order chi connectivity index (χ1) is 10.6. The van der Waals surface area contributed by atoms with Gasteiger partial charge in [-0.1, -0.05) is 17.3 Å². The molecule has 8 heteroatoms. The molecule has 2 rings (SSSR count). The smallest absolute Gasteiger partial charge is 0.387 e. The predicted octanol–water partition coefficient (Wildman–Crippen LogP) is 2.68. The van der Waals surface area contributed by atoms with Crippen LogP contribution in [0, 0.1) is 11.3 Å². The molecule has 0 aliphatic rings. The van der Waals surface area contributed by atoms with Gasteiger partial charge in [-0.2, -0.15) is 19.0 Å². The zero-order valence-corrected chi connectivity index (χ0v) is 11.9. The van der Waals surface area contributed by atoms with Crippen LogP contribution in [0.15, 0.2) is 28.8 Å². The standard InChI is InChI=1S/C14H14F2N4O2/c1-20(8-4-7-17)9-12-18-13(19-22-12)10-5-2-3-6-11(10)21-14(15)16/h2-3,5-6,14H,4,8-9H2,1H3. The Hall–Kier alpha value is -2.53. The number of aromatic nitrogens is 2. The van der Waals surface area contributed by atoms with E-state index in [0.29, 0.717) is 31.0 Å². The Morgan fingerprint density at radius 1 is 1.41 bits per heavy atom. The van der Waals surface area contributed by atoms with Crippen LogP contribution in [0.4, 0.5) is 8.78 Å². The summed E-state index contributed by atoms with van der Waals surface area (Å²) in [6.45, 7) is -1.99. The second-order valence-electron chi connectivity index (χ2n) is 4.53. The number of nitrogens with zero attached hydrogens (tertiary/aromatic N) is 4. The van der Waals surface area contributed by atoms with Gasteiger partial charge in [0.05, 0.1) is 18.2 Å². The molecule has 0 bridgehead atoms. The van der Waals surface area contributed by atoms with Crippen molar-refractivity contribution in [3.05, 3.63) is 30.2 Å². The molecule has 0 aliphatic heterocycles. The van der Waals surface area contributed by atoms with Gasteiger partial charge in [-0.15, -0.1) is 0 Å². The number of rotatable bonds is 7. The molecule has 0 fully saturated rings. The van der Waals surface area contributed by atoms with Crippen LogP contribution in [-0.4, -0.2) is 35.2 Å².